The van der Waals surface area contributed by atoms with Crippen LogP contribution in [0.2, 0.25) is 5.02 Å². The van der Waals surface area contributed by atoms with Gasteiger partial charge in [0.25, 0.3) is 0 Å². The predicted octanol–water partition coefficient (Wildman–Crippen LogP) is 3.13. The van der Waals surface area contributed by atoms with Crippen LogP contribution in [-0.2, 0) is 0 Å². The van der Waals surface area contributed by atoms with Gasteiger partial charge in [-0.25, -0.2) is 4.98 Å². The summed E-state index contributed by atoms with van der Waals surface area (Å²) in [7, 11) is 0. The molecule has 0 unspecified atom stereocenters. The van der Waals surface area contributed by atoms with Gasteiger partial charge in [0.2, 0.25) is 11.6 Å². The first-order chi connectivity index (χ1) is 9.49. The largest absolute Gasteiger partial charge is 0.432 e. The smallest absolute Gasteiger partial charge is 0.313 e. The summed E-state index contributed by atoms with van der Waals surface area (Å²) in [5.41, 5.74) is 5.36. The molecule has 2 rings (SSSR count). The Balaban J connectivity index is 2.39. The van der Waals surface area contributed by atoms with Crippen LogP contribution in [-0.4, -0.2) is 21.1 Å². The van der Waals surface area contributed by atoms with Gasteiger partial charge in [0, 0.05) is 17.2 Å². The fourth-order valence-electron chi connectivity index (χ4n) is 1.40. The summed E-state index contributed by atoms with van der Waals surface area (Å²) in [5, 5.41) is 11.6. The summed E-state index contributed by atoms with van der Waals surface area (Å²) in [4.78, 5) is 18.4. The molecule has 0 aliphatic heterocycles. The van der Waals surface area contributed by atoms with Gasteiger partial charge < -0.3 is 10.5 Å². The second-order valence-electron chi connectivity index (χ2n) is 3.59. The van der Waals surface area contributed by atoms with Crippen molar-refractivity contribution in [3.63, 3.8) is 0 Å². The number of hydrogen-bond acceptors (Lipinski definition) is 7. The van der Waals surface area contributed by atoms with Crippen molar-refractivity contribution in [2.45, 2.75) is 5.16 Å². The molecule has 0 aliphatic rings. The first-order valence-corrected chi connectivity index (χ1v) is 6.90. The van der Waals surface area contributed by atoms with Gasteiger partial charge in [0.05, 0.1) is 4.92 Å². The molecule has 0 saturated heterocycles. The molecule has 1 heterocycles. The van der Waals surface area contributed by atoms with Crippen LogP contribution in [0, 0.1) is 10.1 Å². The Morgan fingerprint density at radius 3 is 2.80 bits per heavy atom. The van der Waals surface area contributed by atoms with Crippen molar-refractivity contribution >= 4 is 34.9 Å². The van der Waals surface area contributed by atoms with Crippen LogP contribution in [0.25, 0.3) is 0 Å². The highest BCUT2D eigenvalue weighted by molar-refractivity contribution is 7.98. The fraction of sp³-hybridized carbons (Fsp3) is 0.0909. The molecular weight excluding hydrogens is 304 g/mol. The van der Waals surface area contributed by atoms with Gasteiger partial charge in [-0.1, -0.05) is 23.4 Å². The third-order valence-electron chi connectivity index (χ3n) is 2.22. The first-order valence-electron chi connectivity index (χ1n) is 5.30. The minimum atomic E-state index is -0.582. The molecule has 1 aromatic carbocycles. The minimum absolute atomic E-state index is 0.0320. The van der Waals surface area contributed by atoms with E-state index in [1.165, 1.54) is 36.0 Å². The van der Waals surface area contributed by atoms with Crippen molar-refractivity contribution in [3.8, 4) is 11.6 Å². The van der Waals surface area contributed by atoms with Gasteiger partial charge in [0.15, 0.2) is 5.16 Å². The van der Waals surface area contributed by atoms with Gasteiger partial charge in [0.1, 0.15) is 5.82 Å². The fourth-order valence-corrected chi connectivity index (χ4v) is 1.94. The Hall–Kier alpha value is -2.06. The molecule has 2 aromatic rings. The van der Waals surface area contributed by atoms with Crippen LogP contribution in [0.3, 0.4) is 0 Å². The van der Waals surface area contributed by atoms with Gasteiger partial charge >= 0.3 is 5.69 Å². The topological polar surface area (TPSA) is 104 Å². The van der Waals surface area contributed by atoms with Crippen molar-refractivity contribution in [3.05, 3.63) is 39.4 Å². The molecule has 7 nitrogen and oxygen atoms in total. The van der Waals surface area contributed by atoms with Crippen molar-refractivity contribution in [2.24, 2.45) is 0 Å². The quantitative estimate of drug-likeness (QED) is 0.400. The Morgan fingerprint density at radius 2 is 2.15 bits per heavy atom. The number of nitrogens with two attached hydrogens (primary N) is 1. The van der Waals surface area contributed by atoms with Crippen LogP contribution in [0.15, 0.2) is 29.4 Å². The van der Waals surface area contributed by atoms with E-state index in [1.54, 1.807) is 6.26 Å². The number of halogens is 1. The number of benzene rings is 1. The average Bonchev–Trinajstić information content (AvgIpc) is 2.40. The van der Waals surface area contributed by atoms with E-state index >= 15 is 0 Å². The number of nitrogens with zero attached hydrogens (tertiary/aromatic N) is 3. The molecular formula is C11H9ClN4O3S. The van der Waals surface area contributed by atoms with E-state index in [9.17, 15) is 10.1 Å². The third kappa shape index (κ3) is 3.28. The Kier molecular flexibility index (Phi) is 4.26. The lowest BCUT2D eigenvalue weighted by molar-refractivity contribution is -0.385. The zero-order valence-electron chi connectivity index (χ0n) is 10.2. The molecule has 0 amide bonds. The number of ether oxygens (including phenoxy) is 1. The zero-order valence-corrected chi connectivity index (χ0v) is 11.8. The van der Waals surface area contributed by atoms with E-state index in [2.05, 4.69) is 9.97 Å². The highest BCUT2D eigenvalue weighted by atomic mass is 35.5. The standard InChI is InChI=1S/C11H9ClN4O3S/c1-20-11-14-9(13)5-10(15-11)19-8-3-2-6(12)4-7(8)16(17)18/h2-5H,1H3,(H2,13,14,15). The van der Waals surface area contributed by atoms with Crippen molar-refractivity contribution < 1.29 is 9.66 Å². The van der Waals surface area contributed by atoms with Gasteiger partial charge in [-0.05, 0) is 18.4 Å². The molecule has 104 valence electrons. The van der Waals surface area contributed by atoms with E-state index in [1.807, 2.05) is 0 Å². The van der Waals surface area contributed by atoms with Gasteiger partial charge in [-0.3, -0.25) is 10.1 Å². The Labute approximate surface area is 123 Å². The predicted molar refractivity (Wildman–Crippen MR) is 76.4 cm³/mol. The summed E-state index contributed by atoms with van der Waals surface area (Å²) in [5.74, 6) is 0.382. The van der Waals surface area contributed by atoms with E-state index in [4.69, 9.17) is 22.1 Å². The van der Waals surface area contributed by atoms with Crippen LogP contribution in [0.4, 0.5) is 11.5 Å². The van der Waals surface area contributed by atoms with E-state index < -0.39 is 4.92 Å². The van der Waals surface area contributed by atoms with Crippen molar-refractivity contribution in [1.82, 2.24) is 9.97 Å². The molecule has 0 spiro atoms. The summed E-state index contributed by atoms with van der Waals surface area (Å²) in [6, 6.07) is 5.48. The van der Waals surface area contributed by atoms with Crippen LogP contribution in [0.5, 0.6) is 11.6 Å². The molecule has 9 heteroatoms. The molecule has 20 heavy (non-hydrogen) atoms. The highest BCUT2D eigenvalue weighted by Gasteiger charge is 2.17. The number of thioether (sulfide) groups is 1. The van der Waals surface area contributed by atoms with Crippen LogP contribution < -0.4 is 10.5 Å². The second-order valence-corrected chi connectivity index (χ2v) is 4.80. The molecule has 0 aliphatic carbocycles. The second kappa shape index (κ2) is 5.93. The number of anilines is 1. The highest BCUT2D eigenvalue weighted by Crippen LogP contribution is 2.33. The Morgan fingerprint density at radius 1 is 1.40 bits per heavy atom. The van der Waals surface area contributed by atoms with Gasteiger partial charge in [-0.15, -0.1) is 0 Å². The lowest BCUT2D eigenvalue weighted by Gasteiger charge is -2.07. The molecule has 0 atom stereocenters. The van der Waals surface area contributed by atoms with E-state index in [0.29, 0.717) is 5.16 Å². The van der Waals surface area contributed by atoms with Crippen molar-refractivity contribution in [1.29, 1.82) is 0 Å². The molecule has 0 saturated carbocycles. The minimum Gasteiger partial charge on any atom is -0.432 e. The van der Waals surface area contributed by atoms with Crippen LogP contribution in [0.1, 0.15) is 0 Å². The average molecular weight is 313 g/mol. The third-order valence-corrected chi connectivity index (χ3v) is 3.00. The number of rotatable bonds is 4. The molecule has 2 N–H and O–H groups in total. The number of aromatic nitrogens is 2. The lowest BCUT2D eigenvalue weighted by Crippen LogP contribution is -1.99. The number of nitrogen functional groups attached to an aromatic ring is 1. The maximum atomic E-state index is 11.0. The summed E-state index contributed by atoms with van der Waals surface area (Å²) < 4.78 is 5.40. The van der Waals surface area contributed by atoms with E-state index in [-0.39, 0.29) is 28.2 Å². The number of hydrogen-bond donors (Lipinski definition) is 1. The maximum absolute atomic E-state index is 11.0. The molecule has 0 bridgehead atoms. The van der Waals surface area contributed by atoms with Crippen molar-refractivity contribution in [2.75, 3.05) is 12.0 Å². The Bertz CT molecular complexity index is 668. The molecule has 0 fully saturated rings. The SMILES string of the molecule is CSc1nc(N)cc(Oc2ccc(Cl)cc2[N+](=O)[O-])n1. The first kappa shape index (κ1) is 14.4. The molecule has 0 radical (unpaired) electrons. The number of nitro benzene ring substituents is 1. The summed E-state index contributed by atoms with van der Waals surface area (Å²) in [6.07, 6.45) is 1.78. The maximum Gasteiger partial charge on any atom is 0.313 e. The van der Waals surface area contributed by atoms with E-state index in [0.717, 1.165) is 0 Å². The molecule has 1 aromatic heterocycles. The summed E-state index contributed by atoms with van der Waals surface area (Å²) in [6.45, 7) is 0. The van der Waals surface area contributed by atoms with Gasteiger partial charge in [-0.2, -0.15) is 4.98 Å². The van der Waals surface area contributed by atoms with Crippen LogP contribution >= 0.6 is 23.4 Å². The zero-order chi connectivity index (χ0) is 14.7. The lowest BCUT2D eigenvalue weighted by atomic mass is 10.3. The summed E-state index contributed by atoms with van der Waals surface area (Å²) >= 11 is 7.01. The monoisotopic (exact) mass is 312 g/mol. The normalized spacial score (nSPS) is 10.3. The number of nitro groups is 1.